The van der Waals surface area contributed by atoms with Crippen LogP contribution in [0.4, 0.5) is 0 Å². The summed E-state index contributed by atoms with van der Waals surface area (Å²) in [6.45, 7) is 3.74. The quantitative estimate of drug-likeness (QED) is 0.621. The van der Waals surface area contributed by atoms with E-state index in [2.05, 4.69) is 29.2 Å². The van der Waals surface area contributed by atoms with Crippen LogP contribution in [-0.2, 0) is 26.1 Å². The Kier molecular flexibility index (Phi) is 5.80. The van der Waals surface area contributed by atoms with Crippen molar-refractivity contribution in [2.75, 3.05) is 13.1 Å². The van der Waals surface area contributed by atoms with E-state index in [1.807, 2.05) is 12.1 Å². The molecule has 5 nitrogen and oxygen atoms in total. The lowest BCUT2D eigenvalue weighted by Crippen LogP contribution is -2.33. The summed E-state index contributed by atoms with van der Waals surface area (Å²) >= 11 is 7.00. The molecule has 0 unspecified atom stereocenters. The summed E-state index contributed by atoms with van der Waals surface area (Å²) in [5.74, 6) is 0. The Hall–Kier alpha value is -2.15. The van der Waals surface area contributed by atoms with Crippen LogP contribution in [0.2, 0.25) is 5.02 Å². The molecule has 2 aromatic carbocycles. The molecule has 0 spiro atoms. The maximum atomic E-state index is 12.6. The Morgan fingerprint density at radius 1 is 1.00 bits per heavy atom. The standard InChI is InChI=1S/C21H22ClN3O2S/c22-19-8-3-5-16(13-19)14-24-20(26)25(28-21(24)27)11-4-10-23-12-9-17-6-1-2-7-18(17)15-23/h1-3,5-8,13H,4,9-12,14-15H2. The van der Waals surface area contributed by atoms with E-state index in [-0.39, 0.29) is 17.1 Å². The first kappa shape index (κ1) is 19.2. The predicted molar refractivity (Wildman–Crippen MR) is 113 cm³/mol. The molecule has 1 aliphatic rings. The van der Waals surface area contributed by atoms with Crippen molar-refractivity contribution in [1.29, 1.82) is 0 Å². The molecule has 0 bridgehead atoms. The number of halogens is 1. The van der Waals surface area contributed by atoms with Crippen molar-refractivity contribution in [3.63, 3.8) is 0 Å². The number of hydrogen-bond acceptors (Lipinski definition) is 4. The van der Waals surface area contributed by atoms with Crippen LogP contribution in [0, 0.1) is 0 Å². The van der Waals surface area contributed by atoms with E-state index < -0.39 is 0 Å². The first-order chi connectivity index (χ1) is 13.6. The van der Waals surface area contributed by atoms with Crippen molar-refractivity contribution in [1.82, 2.24) is 13.4 Å². The molecule has 1 aliphatic heterocycles. The number of rotatable bonds is 6. The summed E-state index contributed by atoms with van der Waals surface area (Å²) in [4.78, 5) is 27.1. The molecular weight excluding hydrogens is 394 g/mol. The molecule has 1 aromatic heterocycles. The lowest BCUT2D eigenvalue weighted by Gasteiger charge is -2.28. The molecule has 3 aromatic rings. The highest BCUT2D eigenvalue weighted by Gasteiger charge is 2.16. The number of nitrogens with zero attached hydrogens (tertiary/aromatic N) is 3. The second-order valence-electron chi connectivity index (χ2n) is 7.11. The SMILES string of the molecule is O=c1sn(CCCN2CCc3ccccc3C2)c(=O)n1Cc1cccc(Cl)c1. The highest BCUT2D eigenvalue weighted by molar-refractivity contribution is 7.03. The lowest BCUT2D eigenvalue weighted by molar-refractivity contribution is 0.247. The third-order valence-corrected chi connectivity index (χ3v) is 6.30. The number of aromatic nitrogens is 2. The van der Waals surface area contributed by atoms with Crippen LogP contribution in [0.15, 0.2) is 58.1 Å². The van der Waals surface area contributed by atoms with Crippen LogP contribution < -0.4 is 10.6 Å². The minimum atomic E-state index is -0.237. The van der Waals surface area contributed by atoms with Crippen molar-refractivity contribution in [3.05, 3.63) is 90.4 Å². The van der Waals surface area contributed by atoms with Crippen LogP contribution >= 0.6 is 23.1 Å². The Labute approximate surface area is 172 Å². The highest BCUT2D eigenvalue weighted by Crippen LogP contribution is 2.18. The molecule has 0 fully saturated rings. The van der Waals surface area contributed by atoms with E-state index in [1.54, 1.807) is 16.1 Å². The Balaban J connectivity index is 1.37. The molecule has 2 heterocycles. The van der Waals surface area contributed by atoms with Gasteiger partial charge in [0.05, 0.1) is 6.54 Å². The smallest absolute Gasteiger partial charge is 0.299 e. The fourth-order valence-electron chi connectivity index (χ4n) is 3.67. The van der Waals surface area contributed by atoms with Gasteiger partial charge >= 0.3 is 10.6 Å². The zero-order valence-corrected chi connectivity index (χ0v) is 17.1. The summed E-state index contributed by atoms with van der Waals surface area (Å²) in [7, 11) is 0. The maximum Gasteiger partial charge on any atom is 0.341 e. The van der Waals surface area contributed by atoms with Crippen molar-refractivity contribution in [2.45, 2.75) is 32.5 Å². The summed E-state index contributed by atoms with van der Waals surface area (Å²) in [5.41, 5.74) is 3.44. The number of benzene rings is 2. The Bertz CT molecular complexity index is 1090. The normalized spacial score (nSPS) is 14.2. The van der Waals surface area contributed by atoms with Gasteiger partial charge in [0.2, 0.25) is 0 Å². The van der Waals surface area contributed by atoms with Gasteiger partial charge < -0.3 is 0 Å². The molecule has 0 saturated carbocycles. The van der Waals surface area contributed by atoms with Gasteiger partial charge in [0, 0.05) is 42.7 Å². The molecule has 0 radical (unpaired) electrons. The minimum Gasteiger partial charge on any atom is -0.299 e. The lowest BCUT2D eigenvalue weighted by atomic mass is 10.00. The third-order valence-electron chi connectivity index (χ3n) is 5.13. The number of fused-ring (bicyclic) bond motifs is 1. The van der Waals surface area contributed by atoms with E-state index >= 15 is 0 Å². The summed E-state index contributed by atoms with van der Waals surface area (Å²) in [6.07, 6.45) is 1.92. The van der Waals surface area contributed by atoms with E-state index in [4.69, 9.17) is 11.6 Å². The molecule has 0 aliphatic carbocycles. The fraction of sp³-hybridized carbons (Fsp3) is 0.333. The predicted octanol–water partition coefficient (Wildman–Crippen LogP) is 3.22. The molecule has 28 heavy (non-hydrogen) atoms. The van der Waals surface area contributed by atoms with Gasteiger partial charge in [-0.05, 0) is 41.7 Å². The monoisotopic (exact) mass is 415 g/mol. The molecule has 0 saturated heterocycles. The van der Waals surface area contributed by atoms with Gasteiger partial charge in [0.1, 0.15) is 0 Å². The van der Waals surface area contributed by atoms with Crippen LogP contribution in [0.3, 0.4) is 0 Å². The molecule has 146 valence electrons. The molecule has 0 atom stereocenters. The number of aryl methyl sites for hydroxylation is 1. The average molecular weight is 416 g/mol. The Morgan fingerprint density at radius 3 is 2.64 bits per heavy atom. The average Bonchev–Trinajstić information content (AvgIpc) is 2.95. The van der Waals surface area contributed by atoms with Crippen LogP contribution in [-0.4, -0.2) is 26.5 Å². The Morgan fingerprint density at radius 2 is 1.82 bits per heavy atom. The third kappa shape index (κ3) is 4.29. The second-order valence-corrected chi connectivity index (χ2v) is 8.52. The van der Waals surface area contributed by atoms with Crippen molar-refractivity contribution >= 4 is 23.1 Å². The van der Waals surface area contributed by atoms with Gasteiger partial charge in [0.25, 0.3) is 0 Å². The fourth-order valence-corrected chi connectivity index (χ4v) is 4.71. The summed E-state index contributed by atoms with van der Waals surface area (Å²) in [5, 5.41) is 0.601. The first-order valence-corrected chi connectivity index (χ1v) is 10.6. The van der Waals surface area contributed by atoms with E-state index in [0.717, 1.165) is 49.6 Å². The molecular formula is C21H22ClN3O2S. The van der Waals surface area contributed by atoms with Gasteiger partial charge in [-0.25, -0.2) is 13.3 Å². The zero-order chi connectivity index (χ0) is 19.5. The summed E-state index contributed by atoms with van der Waals surface area (Å²) < 4.78 is 2.86. The van der Waals surface area contributed by atoms with Crippen LogP contribution in [0.5, 0.6) is 0 Å². The second kappa shape index (κ2) is 8.47. The zero-order valence-electron chi connectivity index (χ0n) is 15.5. The van der Waals surface area contributed by atoms with Gasteiger partial charge in [0.15, 0.2) is 0 Å². The van der Waals surface area contributed by atoms with Crippen molar-refractivity contribution in [3.8, 4) is 0 Å². The summed E-state index contributed by atoms with van der Waals surface area (Å²) in [6, 6.07) is 15.8. The van der Waals surface area contributed by atoms with Crippen molar-refractivity contribution < 1.29 is 0 Å². The van der Waals surface area contributed by atoms with E-state index in [9.17, 15) is 9.59 Å². The van der Waals surface area contributed by atoms with Gasteiger partial charge in [-0.1, -0.05) is 48.0 Å². The topological polar surface area (TPSA) is 47.2 Å². The molecule has 7 heteroatoms. The minimum absolute atomic E-state index is 0.225. The molecule has 0 amide bonds. The van der Waals surface area contributed by atoms with E-state index in [0.29, 0.717) is 11.6 Å². The highest BCUT2D eigenvalue weighted by atomic mass is 35.5. The largest absolute Gasteiger partial charge is 0.341 e. The van der Waals surface area contributed by atoms with Crippen molar-refractivity contribution in [2.24, 2.45) is 0 Å². The van der Waals surface area contributed by atoms with Gasteiger partial charge in [-0.15, -0.1) is 0 Å². The maximum absolute atomic E-state index is 12.6. The van der Waals surface area contributed by atoms with Crippen LogP contribution in [0.25, 0.3) is 0 Å². The molecule has 4 rings (SSSR count). The first-order valence-electron chi connectivity index (χ1n) is 9.45. The van der Waals surface area contributed by atoms with Gasteiger partial charge in [-0.2, -0.15) is 0 Å². The van der Waals surface area contributed by atoms with Gasteiger partial charge in [-0.3, -0.25) is 9.69 Å². The molecule has 0 N–H and O–H groups in total. The van der Waals surface area contributed by atoms with Crippen LogP contribution in [0.1, 0.15) is 23.1 Å². The number of hydrogen-bond donors (Lipinski definition) is 0. The van der Waals surface area contributed by atoms with E-state index in [1.165, 1.54) is 15.7 Å².